The molecule has 12 aromatic carbocycles. The highest BCUT2D eigenvalue weighted by Crippen LogP contribution is 2.63. The highest BCUT2D eigenvalue weighted by molar-refractivity contribution is 6.10. The summed E-state index contributed by atoms with van der Waals surface area (Å²) in [6.45, 7) is 0. The highest BCUT2D eigenvalue weighted by Gasteiger charge is 2.50. The Hall–Kier alpha value is -9.96. The number of furan rings is 1. The molecule has 3 aliphatic rings. The van der Waals surface area contributed by atoms with Gasteiger partial charge in [0.05, 0.1) is 16.8 Å². The fraction of sp³-hybridized carbons (Fsp3) is 0.0137. The third kappa shape index (κ3) is 6.11. The molecule has 13 aromatic rings. The van der Waals surface area contributed by atoms with E-state index in [1.807, 2.05) is 0 Å². The first-order chi connectivity index (χ1) is 37.7. The molecule has 0 N–H and O–H groups in total. The molecule has 0 fully saturated rings. The van der Waals surface area contributed by atoms with Crippen LogP contribution in [-0.4, -0.2) is 0 Å². The molecule has 3 nitrogen and oxygen atoms in total. The molecule has 354 valence electrons. The van der Waals surface area contributed by atoms with Crippen LogP contribution in [0.5, 0.6) is 0 Å². The van der Waals surface area contributed by atoms with Crippen molar-refractivity contribution in [3.05, 3.63) is 301 Å². The van der Waals surface area contributed by atoms with Crippen LogP contribution in [0.4, 0.5) is 34.1 Å². The average molecular weight is 967 g/mol. The van der Waals surface area contributed by atoms with Crippen LogP contribution in [-0.2, 0) is 5.41 Å². The van der Waals surface area contributed by atoms with Gasteiger partial charge < -0.3 is 14.2 Å². The molecular formula is C73H46N2O. The maximum Gasteiger partial charge on any atom is 0.135 e. The number of nitrogens with zero attached hydrogens (tertiary/aromatic N) is 2. The largest absolute Gasteiger partial charge is 0.456 e. The van der Waals surface area contributed by atoms with Crippen LogP contribution in [0.3, 0.4) is 0 Å². The molecule has 1 spiro atoms. The first-order valence-electron chi connectivity index (χ1n) is 26.2. The zero-order valence-corrected chi connectivity index (χ0v) is 41.4. The average Bonchev–Trinajstić information content (AvgIpc) is 4.08. The first kappa shape index (κ1) is 42.5. The van der Waals surface area contributed by atoms with Crippen LogP contribution in [0.2, 0.25) is 0 Å². The number of hydrogen-bond acceptors (Lipinski definition) is 3. The molecule has 16 rings (SSSR count). The van der Waals surface area contributed by atoms with Gasteiger partial charge in [0.15, 0.2) is 0 Å². The number of benzene rings is 12. The minimum Gasteiger partial charge on any atom is -0.456 e. The maximum atomic E-state index is 6.77. The normalized spacial score (nSPS) is 14.3. The third-order valence-corrected chi connectivity index (χ3v) is 16.4. The Morgan fingerprint density at radius 1 is 0.276 bits per heavy atom. The molecule has 1 unspecified atom stereocenters. The summed E-state index contributed by atoms with van der Waals surface area (Å²) in [6.07, 6.45) is 0. The predicted octanol–water partition coefficient (Wildman–Crippen LogP) is 19.9. The SMILES string of the molecule is c1ccc(-c2ccc(N(c3ccc4c(c3)-c3ccccc3-c3ccccc3N4c3ccccc3)c3ccc4c(c3)-c3ccccc3-c3ccccc3C43c4ccccc4-c4cc5c(cc43)oc3ccccc35)cc2)cc1. The first-order valence-corrected chi connectivity index (χ1v) is 26.2. The van der Waals surface area contributed by atoms with E-state index in [0.717, 1.165) is 61.6 Å². The summed E-state index contributed by atoms with van der Waals surface area (Å²) in [6, 6.07) is 103. The van der Waals surface area contributed by atoms with Gasteiger partial charge in [-0.3, -0.25) is 0 Å². The summed E-state index contributed by atoms with van der Waals surface area (Å²) in [7, 11) is 0. The number of para-hydroxylation sites is 3. The molecule has 0 saturated carbocycles. The molecular weight excluding hydrogens is 921 g/mol. The fourth-order valence-electron chi connectivity index (χ4n) is 13.2. The minimum atomic E-state index is -0.686. The van der Waals surface area contributed by atoms with E-state index in [9.17, 15) is 0 Å². The van der Waals surface area contributed by atoms with Crippen molar-refractivity contribution in [3.8, 4) is 66.8 Å². The molecule has 1 aromatic heterocycles. The lowest BCUT2D eigenvalue weighted by Gasteiger charge is -2.36. The van der Waals surface area contributed by atoms with Crippen LogP contribution in [0.1, 0.15) is 22.3 Å². The van der Waals surface area contributed by atoms with Gasteiger partial charge in [0.1, 0.15) is 11.2 Å². The van der Waals surface area contributed by atoms with E-state index in [1.54, 1.807) is 0 Å². The number of fused-ring (bicyclic) bond motifs is 20. The van der Waals surface area contributed by atoms with Gasteiger partial charge in [-0.15, -0.1) is 0 Å². The van der Waals surface area contributed by atoms with Crippen LogP contribution < -0.4 is 9.80 Å². The number of rotatable bonds is 5. The molecule has 0 bridgehead atoms. The Kier molecular flexibility index (Phi) is 9.25. The summed E-state index contributed by atoms with van der Waals surface area (Å²) in [5, 5.41) is 2.27. The van der Waals surface area contributed by atoms with Crippen molar-refractivity contribution in [1.82, 2.24) is 0 Å². The molecule has 76 heavy (non-hydrogen) atoms. The standard InChI is InChI=1S/C73H46N2O/c1-3-19-47(20-4-1)48-35-37-50(38-36-48)74(52-40-42-70-63(44-52)56-26-10-8-24-54(56)59-29-13-17-33-69(59)75(70)49-21-5-2-6-22-49)51-39-41-67-61(43-51)55-25-9-7-23-53(55)57-27-11-15-31-65(57)73(67)66-32-16-12-28-58(66)62-45-64-60-30-14-18-34-71(60)76-72(64)46-68(62)73/h1-46H. The van der Waals surface area contributed by atoms with Crippen LogP contribution >= 0.6 is 0 Å². The van der Waals surface area contributed by atoms with E-state index < -0.39 is 5.41 Å². The lowest BCUT2D eigenvalue weighted by molar-refractivity contribution is 0.666. The third-order valence-electron chi connectivity index (χ3n) is 16.4. The van der Waals surface area contributed by atoms with Crippen molar-refractivity contribution in [2.75, 3.05) is 9.80 Å². The maximum absolute atomic E-state index is 6.77. The van der Waals surface area contributed by atoms with Gasteiger partial charge in [-0.05, 0) is 157 Å². The van der Waals surface area contributed by atoms with Crippen molar-refractivity contribution in [2.24, 2.45) is 0 Å². The van der Waals surface area contributed by atoms with E-state index in [4.69, 9.17) is 4.42 Å². The van der Waals surface area contributed by atoms with Crippen LogP contribution in [0.25, 0.3) is 88.7 Å². The summed E-state index contributed by atoms with van der Waals surface area (Å²) < 4.78 is 6.77. The number of anilines is 6. The van der Waals surface area contributed by atoms with Gasteiger partial charge in [0, 0.05) is 44.6 Å². The topological polar surface area (TPSA) is 19.6 Å². The zero-order valence-electron chi connectivity index (χ0n) is 41.4. The van der Waals surface area contributed by atoms with E-state index in [-0.39, 0.29) is 0 Å². The molecule has 2 heterocycles. The molecule has 0 saturated heterocycles. The summed E-state index contributed by atoms with van der Waals surface area (Å²) in [5.74, 6) is 0. The van der Waals surface area contributed by atoms with Crippen molar-refractivity contribution in [1.29, 1.82) is 0 Å². The zero-order chi connectivity index (χ0) is 49.9. The highest BCUT2D eigenvalue weighted by atomic mass is 16.3. The summed E-state index contributed by atoms with van der Waals surface area (Å²) in [5.41, 5.74) is 27.1. The Balaban J connectivity index is 0.971. The molecule has 0 radical (unpaired) electrons. The van der Waals surface area contributed by atoms with Crippen molar-refractivity contribution in [3.63, 3.8) is 0 Å². The van der Waals surface area contributed by atoms with E-state index in [0.29, 0.717) is 0 Å². The Labute approximate surface area is 441 Å². The Morgan fingerprint density at radius 2 is 0.750 bits per heavy atom. The van der Waals surface area contributed by atoms with Gasteiger partial charge in [-0.25, -0.2) is 0 Å². The van der Waals surface area contributed by atoms with Crippen LogP contribution in [0.15, 0.2) is 283 Å². The molecule has 2 aliphatic carbocycles. The van der Waals surface area contributed by atoms with Crippen molar-refractivity contribution in [2.45, 2.75) is 5.41 Å². The summed E-state index contributed by atoms with van der Waals surface area (Å²) in [4.78, 5) is 4.89. The minimum absolute atomic E-state index is 0.686. The molecule has 3 heteroatoms. The lowest BCUT2D eigenvalue weighted by Crippen LogP contribution is -2.29. The molecule has 1 atom stereocenters. The fourth-order valence-corrected chi connectivity index (χ4v) is 13.2. The smallest absolute Gasteiger partial charge is 0.135 e. The Morgan fingerprint density at radius 3 is 1.47 bits per heavy atom. The van der Waals surface area contributed by atoms with Gasteiger partial charge in [0.2, 0.25) is 0 Å². The second-order valence-electron chi connectivity index (χ2n) is 20.3. The Bertz CT molecular complexity index is 4480. The predicted molar refractivity (Wildman–Crippen MR) is 315 cm³/mol. The second kappa shape index (κ2) is 16.5. The second-order valence-corrected chi connectivity index (χ2v) is 20.3. The molecule has 1 aliphatic heterocycles. The van der Waals surface area contributed by atoms with E-state index in [1.165, 1.54) is 83.5 Å². The van der Waals surface area contributed by atoms with Gasteiger partial charge in [-0.1, -0.05) is 200 Å². The van der Waals surface area contributed by atoms with Gasteiger partial charge >= 0.3 is 0 Å². The molecule has 0 amide bonds. The number of hydrogen-bond donors (Lipinski definition) is 0. The quantitative estimate of drug-likeness (QED) is 0.171. The van der Waals surface area contributed by atoms with Crippen molar-refractivity contribution < 1.29 is 4.42 Å². The lowest BCUT2D eigenvalue weighted by atomic mass is 9.66. The summed E-state index contributed by atoms with van der Waals surface area (Å²) >= 11 is 0. The van der Waals surface area contributed by atoms with Gasteiger partial charge in [-0.2, -0.15) is 0 Å². The van der Waals surface area contributed by atoms with Gasteiger partial charge in [0.25, 0.3) is 0 Å². The van der Waals surface area contributed by atoms with Crippen molar-refractivity contribution >= 4 is 56.1 Å². The van der Waals surface area contributed by atoms with E-state index >= 15 is 0 Å². The van der Waals surface area contributed by atoms with Crippen LogP contribution in [0, 0.1) is 0 Å². The van der Waals surface area contributed by atoms with E-state index in [2.05, 4.69) is 289 Å². The monoisotopic (exact) mass is 966 g/mol.